The Hall–Kier alpha value is -1.42. The lowest BCUT2D eigenvalue weighted by molar-refractivity contribution is 0.368. The number of fused-ring (bicyclic) bond motifs is 1. The van der Waals surface area contributed by atoms with Crippen molar-refractivity contribution >= 4 is 11.0 Å². The van der Waals surface area contributed by atoms with Gasteiger partial charge in [-0.15, -0.1) is 0 Å². The van der Waals surface area contributed by atoms with Crippen LogP contribution in [0, 0.1) is 11.7 Å². The zero-order valence-electron chi connectivity index (χ0n) is 10.6. The van der Waals surface area contributed by atoms with Gasteiger partial charge in [0.25, 0.3) is 0 Å². The van der Waals surface area contributed by atoms with E-state index in [1.54, 1.807) is 6.07 Å². The molecule has 2 aromatic rings. The number of aryl methyl sites for hydroxylation is 1. The van der Waals surface area contributed by atoms with Crippen LogP contribution in [0.3, 0.4) is 0 Å². The normalized spacial score (nSPS) is 20.4. The third-order valence-electron chi connectivity index (χ3n) is 3.83. The number of aromatic nitrogens is 2. The summed E-state index contributed by atoms with van der Waals surface area (Å²) in [6, 6.07) is 5.14. The Morgan fingerprint density at radius 2 is 2.39 bits per heavy atom. The number of imidazole rings is 1. The second kappa shape index (κ2) is 4.69. The second-order valence-corrected chi connectivity index (χ2v) is 5.11. The Labute approximate surface area is 106 Å². The Bertz CT molecular complexity index is 555. The summed E-state index contributed by atoms with van der Waals surface area (Å²) in [5, 5.41) is 3.41. The minimum atomic E-state index is -0.226. The van der Waals surface area contributed by atoms with Gasteiger partial charge >= 0.3 is 0 Å². The summed E-state index contributed by atoms with van der Waals surface area (Å²) in [6.07, 6.45) is 3.39. The summed E-state index contributed by atoms with van der Waals surface area (Å²) in [7, 11) is 1.97. The molecule has 0 aliphatic carbocycles. The smallest absolute Gasteiger partial charge is 0.151 e. The van der Waals surface area contributed by atoms with Crippen LogP contribution in [0.4, 0.5) is 4.39 Å². The molecule has 0 spiro atoms. The topological polar surface area (TPSA) is 29.9 Å². The molecule has 1 aromatic heterocycles. The van der Waals surface area contributed by atoms with Crippen LogP contribution >= 0.6 is 0 Å². The maximum Gasteiger partial charge on any atom is 0.151 e. The molecule has 1 aliphatic rings. The van der Waals surface area contributed by atoms with E-state index in [1.165, 1.54) is 18.9 Å². The average molecular weight is 247 g/mol. The molecule has 1 unspecified atom stereocenters. The molecule has 1 aromatic carbocycles. The van der Waals surface area contributed by atoms with Gasteiger partial charge in [-0.3, -0.25) is 0 Å². The van der Waals surface area contributed by atoms with Crippen LogP contribution in [0.15, 0.2) is 18.2 Å². The van der Waals surface area contributed by atoms with E-state index in [2.05, 4.69) is 10.3 Å². The van der Waals surface area contributed by atoms with E-state index >= 15 is 0 Å². The highest BCUT2D eigenvalue weighted by molar-refractivity contribution is 5.76. The van der Waals surface area contributed by atoms with Crippen LogP contribution < -0.4 is 5.32 Å². The van der Waals surface area contributed by atoms with Gasteiger partial charge in [-0.1, -0.05) is 6.07 Å². The molecule has 1 atom stereocenters. The quantitative estimate of drug-likeness (QED) is 0.882. The monoisotopic (exact) mass is 247 g/mol. The minimum absolute atomic E-state index is 0.226. The number of halogens is 1. The van der Waals surface area contributed by atoms with E-state index in [-0.39, 0.29) is 5.82 Å². The van der Waals surface area contributed by atoms with Crippen molar-refractivity contribution in [1.82, 2.24) is 14.9 Å². The summed E-state index contributed by atoms with van der Waals surface area (Å²) in [6.45, 7) is 2.17. The molecule has 1 saturated heterocycles. The standard InChI is InChI=1S/C14H18FN3/c1-18-12-6-2-5-11(15)14(12)17-13(18)8-10-4-3-7-16-9-10/h2,5-6,10,16H,3-4,7-9H2,1H3. The maximum absolute atomic E-state index is 13.7. The molecular weight excluding hydrogens is 229 g/mol. The van der Waals surface area contributed by atoms with Crippen molar-refractivity contribution in [3.8, 4) is 0 Å². The fourth-order valence-electron chi connectivity index (χ4n) is 2.77. The van der Waals surface area contributed by atoms with E-state index in [1.807, 2.05) is 17.7 Å². The Morgan fingerprint density at radius 1 is 1.50 bits per heavy atom. The number of hydrogen-bond acceptors (Lipinski definition) is 2. The number of benzene rings is 1. The number of para-hydroxylation sites is 1. The van der Waals surface area contributed by atoms with Crippen LogP contribution in [-0.4, -0.2) is 22.6 Å². The molecule has 96 valence electrons. The van der Waals surface area contributed by atoms with Crippen molar-refractivity contribution in [1.29, 1.82) is 0 Å². The van der Waals surface area contributed by atoms with Gasteiger partial charge in [0.2, 0.25) is 0 Å². The Kier molecular flexibility index (Phi) is 3.04. The van der Waals surface area contributed by atoms with E-state index in [4.69, 9.17) is 0 Å². The highest BCUT2D eigenvalue weighted by atomic mass is 19.1. The zero-order chi connectivity index (χ0) is 12.5. The fraction of sp³-hybridized carbons (Fsp3) is 0.500. The molecule has 3 nitrogen and oxygen atoms in total. The largest absolute Gasteiger partial charge is 0.331 e. The molecule has 0 radical (unpaired) electrons. The number of nitrogens with one attached hydrogen (secondary N) is 1. The van der Waals surface area contributed by atoms with Crippen LogP contribution in [0.5, 0.6) is 0 Å². The first-order chi connectivity index (χ1) is 8.75. The first-order valence-corrected chi connectivity index (χ1v) is 6.56. The van der Waals surface area contributed by atoms with Crippen LogP contribution in [-0.2, 0) is 13.5 Å². The predicted octanol–water partition coefficient (Wildman–Crippen LogP) is 2.25. The average Bonchev–Trinajstić information content (AvgIpc) is 2.70. The SMILES string of the molecule is Cn1c(CC2CCCNC2)nc2c(F)cccc21. The molecule has 2 heterocycles. The predicted molar refractivity (Wildman–Crippen MR) is 70.0 cm³/mol. The Balaban J connectivity index is 1.92. The van der Waals surface area contributed by atoms with Gasteiger partial charge in [0.1, 0.15) is 11.3 Å². The first-order valence-electron chi connectivity index (χ1n) is 6.56. The third-order valence-corrected chi connectivity index (χ3v) is 3.83. The number of piperidine rings is 1. The maximum atomic E-state index is 13.7. The first kappa shape index (κ1) is 11.7. The summed E-state index contributed by atoms with van der Waals surface area (Å²) in [4.78, 5) is 4.47. The Morgan fingerprint density at radius 3 is 3.11 bits per heavy atom. The van der Waals surface area contributed by atoms with Gasteiger partial charge < -0.3 is 9.88 Å². The lowest BCUT2D eigenvalue weighted by atomic mass is 9.96. The number of nitrogens with zero attached hydrogens (tertiary/aromatic N) is 2. The molecule has 1 fully saturated rings. The highest BCUT2D eigenvalue weighted by Crippen LogP contribution is 2.21. The molecule has 0 amide bonds. The molecule has 18 heavy (non-hydrogen) atoms. The molecule has 0 saturated carbocycles. The summed E-state index contributed by atoms with van der Waals surface area (Å²) in [5.74, 6) is 1.39. The van der Waals surface area contributed by atoms with Gasteiger partial charge in [-0.25, -0.2) is 9.37 Å². The van der Waals surface area contributed by atoms with Crippen LogP contribution in [0.25, 0.3) is 11.0 Å². The second-order valence-electron chi connectivity index (χ2n) is 5.11. The van der Waals surface area contributed by atoms with E-state index in [0.29, 0.717) is 11.4 Å². The van der Waals surface area contributed by atoms with Crippen molar-refractivity contribution in [2.24, 2.45) is 13.0 Å². The molecule has 1 aliphatic heterocycles. The van der Waals surface area contributed by atoms with Crippen molar-refractivity contribution in [2.75, 3.05) is 13.1 Å². The molecule has 4 heteroatoms. The highest BCUT2D eigenvalue weighted by Gasteiger charge is 2.18. The lowest BCUT2D eigenvalue weighted by Crippen LogP contribution is -2.31. The van der Waals surface area contributed by atoms with Crippen molar-refractivity contribution in [3.05, 3.63) is 29.8 Å². The van der Waals surface area contributed by atoms with E-state index in [9.17, 15) is 4.39 Å². The van der Waals surface area contributed by atoms with E-state index in [0.717, 1.165) is 30.9 Å². The van der Waals surface area contributed by atoms with Crippen molar-refractivity contribution in [2.45, 2.75) is 19.3 Å². The molecule has 3 rings (SSSR count). The summed E-state index contributed by atoms with van der Waals surface area (Å²) >= 11 is 0. The molecule has 1 N–H and O–H groups in total. The van der Waals surface area contributed by atoms with Crippen LogP contribution in [0.2, 0.25) is 0 Å². The lowest BCUT2D eigenvalue weighted by Gasteiger charge is -2.22. The van der Waals surface area contributed by atoms with Crippen molar-refractivity contribution < 1.29 is 4.39 Å². The van der Waals surface area contributed by atoms with E-state index < -0.39 is 0 Å². The van der Waals surface area contributed by atoms with Gasteiger partial charge in [0.05, 0.1) is 5.52 Å². The van der Waals surface area contributed by atoms with Gasteiger partial charge in [0, 0.05) is 13.5 Å². The fourth-order valence-corrected chi connectivity index (χ4v) is 2.77. The van der Waals surface area contributed by atoms with Gasteiger partial charge in [0.15, 0.2) is 5.82 Å². The molecular formula is C14H18FN3. The van der Waals surface area contributed by atoms with Gasteiger partial charge in [-0.2, -0.15) is 0 Å². The van der Waals surface area contributed by atoms with Crippen LogP contribution in [0.1, 0.15) is 18.7 Å². The molecule has 0 bridgehead atoms. The summed E-state index contributed by atoms with van der Waals surface area (Å²) < 4.78 is 15.7. The van der Waals surface area contributed by atoms with Crippen molar-refractivity contribution in [3.63, 3.8) is 0 Å². The summed E-state index contributed by atoms with van der Waals surface area (Å²) in [5.41, 5.74) is 1.38. The third kappa shape index (κ3) is 2.01. The minimum Gasteiger partial charge on any atom is -0.331 e. The zero-order valence-corrected chi connectivity index (χ0v) is 10.6. The van der Waals surface area contributed by atoms with Gasteiger partial charge in [-0.05, 0) is 44.0 Å². The number of rotatable bonds is 2. The number of hydrogen-bond donors (Lipinski definition) is 1.